The molecule has 0 fully saturated rings. The second-order valence-corrected chi connectivity index (χ2v) is 6.04. The van der Waals surface area contributed by atoms with Crippen LogP contribution in [0.2, 0.25) is 0 Å². The van der Waals surface area contributed by atoms with Gasteiger partial charge in [-0.25, -0.2) is 9.37 Å². The summed E-state index contributed by atoms with van der Waals surface area (Å²) in [5.74, 6) is -1.71. The number of phenols is 1. The number of fused-ring (bicyclic) bond motifs is 1. The Morgan fingerprint density at radius 1 is 1.31 bits per heavy atom. The summed E-state index contributed by atoms with van der Waals surface area (Å²) in [4.78, 5) is 16.3. The summed E-state index contributed by atoms with van der Waals surface area (Å²) >= 11 is 0. The molecule has 0 atom stereocenters. The summed E-state index contributed by atoms with van der Waals surface area (Å²) < 4.78 is 15.6. The fraction of sp³-hybridized carbons (Fsp3) is 0.167. The van der Waals surface area contributed by atoms with Gasteiger partial charge in [-0.15, -0.1) is 0 Å². The Morgan fingerprint density at radius 3 is 2.54 bits per heavy atom. The largest absolute Gasteiger partial charge is 0.507 e. The number of aromatic hydroxyl groups is 1. The van der Waals surface area contributed by atoms with Gasteiger partial charge in [0.15, 0.2) is 0 Å². The lowest BCUT2D eigenvalue weighted by atomic mass is 10.1. The Bertz CT molecular complexity index is 1120. The van der Waals surface area contributed by atoms with Crippen molar-refractivity contribution in [1.82, 2.24) is 9.55 Å². The molecule has 2 aromatic heterocycles. The normalized spacial score (nSPS) is 10.9. The first kappa shape index (κ1) is 17.2. The highest BCUT2D eigenvalue weighted by Gasteiger charge is 2.25. The lowest BCUT2D eigenvalue weighted by Gasteiger charge is -2.16. The Kier molecular flexibility index (Phi) is 3.80. The monoisotopic (exact) mass is 353 g/mol. The standard InChI is InChI=1S/C18H16FN5O2/c1-7-12(19)5-13(25)8(2)15(7)24-16(21)14(17(22)26)11-4-10(6-20)9(3)23-18(11)24/h4-5,25H,21H2,1-3H3,(H2,22,26). The van der Waals surface area contributed by atoms with Crippen molar-refractivity contribution >= 4 is 22.8 Å². The SMILES string of the molecule is Cc1nc2c(cc1C#N)c(C(N)=O)c(N)n2-c1c(C)c(O)cc(F)c1C. The fourth-order valence-electron chi connectivity index (χ4n) is 3.10. The summed E-state index contributed by atoms with van der Waals surface area (Å²) in [5.41, 5.74) is 13.4. The number of benzene rings is 1. The van der Waals surface area contributed by atoms with Gasteiger partial charge in [0.05, 0.1) is 22.5 Å². The second kappa shape index (κ2) is 5.74. The molecule has 0 aliphatic rings. The van der Waals surface area contributed by atoms with Crippen molar-refractivity contribution in [3.05, 3.63) is 45.9 Å². The van der Waals surface area contributed by atoms with Gasteiger partial charge in [-0.2, -0.15) is 5.26 Å². The van der Waals surface area contributed by atoms with Gasteiger partial charge in [-0.05, 0) is 26.8 Å². The van der Waals surface area contributed by atoms with Crippen LogP contribution in [0.25, 0.3) is 16.7 Å². The van der Waals surface area contributed by atoms with E-state index in [0.29, 0.717) is 16.6 Å². The van der Waals surface area contributed by atoms with Gasteiger partial charge in [0.2, 0.25) is 0 Å². The number of nitrogens with zero attached hydrogens (tertiary/aromatic N) is 3. The molecule has 5 N–H and O–H groups in total. The Balaban J connectivity index is 2.58. The summed E-state index contributed by atoms with van der Waals surface area (Å²) in [6, 6.07) is 4.49. The van der Waals surface area contributed by atoms with Crippen LogP contribution < -0.4 is 11.5 Å². The second-order valence-electron chi connectivity index (χ2n) is 6.04. The molecule has 8 heteroatoms. The number of nitriles is 1. The molecule has 0 aliphatic heterocycles. The Labute approximate surface area is 148 Å². The Hall–Kier alpha value is -3.60. The van der Waals surface area contributed by atoms with E-state index in [1.807, 2.05) is 6.07 Å². The van der Waals surface area contributed by atoms with Gasteiger partial charge in [0, 0.05) is 22.6 Å². The number of phenolic OH excluding ortho intramolecular Hbond substituents is 1. The molecule has 0 saturated heterocycles. The zero-order valence-corrected chi connectivity index (χ0v) is 14.4. The molecule has 0 unspecified atom stereocenters. The molecule has 1 aromatic carbocycles. The minimum absolute atomic E-state index is 0.00782. The maximum Gasteiger partial charge on any atom is 0.253 e. The lowest BCUT2D eigenvalue weighted by Crippen LogP contribution is -2.14. The number of aromatic nitrogens is 2. The van der Waals surface area contributed by atoms with E-state index >= 15 is 0 Å². The fourth-order valence-corrected chi connectivity index (χ4v) is 3.10. The molecule has 0 radical (unpaired) electrons. The average molecular weight is 353 g/mol. The predicted molar refractivity (Wildman–Crippen MR) is 94.5 cm³/mol. The van der Waals surface area contributed by atoms with Gasteiger partial charge >= 0.3 is 0 Å². The smallest absolute Gasteiger partial charge is 0.253 e. The maximum absolute atomic E-state index is 14.2. The first-order chi connectivity index (χ1) is 12.2. The third kappa shape index (κ3) is 2.25. The van der Waals surface area contributed by atoms with Gasteiger partial charge in [-0.1, -0.05) is 0 Å². The van der Waals surface area contributed by atoms with E-state index < -0.39 is 11.7 Å². The van der Waals surface area contributed by atoms with Crippen LogP contribution >= 0.6 is 0 Å². The van der Waals surface area contributed by atoms with Crippen LogP contribution in [-0.2, 0) is 0 Å². The summed E-state index contributed by atoms with van der Waals surface area (Å²) in [5, 5.41) is 19.6. The number of carbonyl (C=O) groups excluding carboxylic acids is 1. The van der Waals surface area contributed by atoms with Crippen LogP contribution in [0.5, 0.6) is 5.75 Å². The highest BCUT2D eigenvalue weighted by Crippen LogP contribution is 2.37. The summed E-state index contributed by atoms with van der Waals surface area (Å²) in [6.45, 7) is 4.77. The zero-order valence-electron chi connectivity index (χ0n) is 14.4. The molecule has 0 aliphatic carbocycles. The van der Waals surface area contributed by atoms with Crippen LogP contribution in [0.1, 0.15) is 32.7 Å². The van der Waals surface area contributed by atoms with Crippen molar-refractivity contribution in [1.29, 1.82) is 5.26 Å². The topological polar surface area (TPSA) is 131 Å². The molecule has 0 bridgehead atoms. The number of primary amides is 1. The molecule has 1 amide bonds. The van der Waals surface area contributed by atoms with Crippen LogP contribution in [0.3, 0.4) is 0 Å². The number of amides is 1. The molecule has 132 valence electrons. The molecule has 2 heterocycles. The molecule has 0 saturated carbocycles. The lowest BCUT2D eigenvalue weighted by molar-refractivity contribution is 0.100. The van der Waals surface area contributed by atoms with E-state index in [4.69, 9.17) is 11.5 Å². The molecule has 3 aromatic rings. The third-order valence-corrected chi connectivity index (χ3v) is 4.48. The number of hydrogen-bond donors (Lipinski definition) is 3. The molecule has 7 nitrogen and oxygen atoms in total. The minimum Gasteiger partial charge on any atom is -0.507 e. The minimum atomic E-state index is -0.795. The van der Waals surface area contributed by atoms with E-state index in [9.17, 15) is 19.6 Å². The number of nitrogens with two attached hydrogens (primary N) is 2. The first-order valence-electron chi connectivity index (χ1n) is 7.69. The highest BCUT2D eigenvalue weighted by molar-refractivity contribution is 6.11. The quantitative estimate of drug-likeness (QED) is 0.651. The van der Waals surface area contributed by atoms with Crippen LogP contribution in [0.15, 0.2) is 12.1 Å². The van der Waals surface area contributed by atoms with Gasteiger partial charge in [0.25, 0.3) is 5.91 Å². The molecule has 0 spiro atoms. The van der Waals surface area contributed by atoms with Crippen LogP contribution in [-0.4, -0.2) is 20.6 Å². The zero-order chi connectivity index (χ0) is 19.3. The van der Waals surface area contributed by atoms with E-state index in [-0.39, 0.29) is 39.6 Å². The summed E-state index contributed by atoms with van der Waals surface area (Å²) in [7, 11) is 0. The molecule has 3 rings (SSSR count). The average Bonchev–Trinajstić information content (AvgIpc) is 2.84. The van der Waals surface area contributed by atoms with Crippen molar-refractivity contribution in [3.63, 3.8) is 0 Å². The number of anilines is 1. The molecule has 26 heavy (non-hydrogen) atoms. The number of carbonyl (C=O) groups is 1. The van der Waals surface area contributed by atoms with E-state index in [1.54, 1.807) is 13.8 Å². The van der Waals surface area contributed by atoms with Crippen molar-refractivity contribution in [3.8, 4) is 17.5 Å². The van der Waals surface area contributed by atoms with Crippen molar-refractivity contribution in [2.45, 2.75) is 20.8 Å². The maximum atomic E-state index is 14.2. The molecular weight excluding hydrogens is 337 g/mol. The number of halogens is 1. The van der Waals surface area contributed by atoms with Crippen molar-refractivity contribution in [2.75, 3.05) is 5.73 Å². The highest BCUT2D eigenvalue weighted by atomic mass is 19.1. The van der Waals surface area contributed by atoms with Crippen LogP contribution in [0, 0.1) is 37.9 Å². The number of rotatable bonds is 2. The van der Waals surface area contributed by atoms with Gasteiger partial charge in [-0.3, -0.25) is 9.36 Å². The van der Waals surface area contributed by atoms with Gasteiger partial charge in [0.1, 0.15) is 29.1 Å². The van der Waals surface area contributed by atoms with Crippen LogP contribution in [0.4, 0.5) is 10.2 Å². The number of nitrogen functional groups attached to an aromatic ring is 1. The number of aryl methyl sites for hydroxylation is 1. The van der Waals surface area contributed by atoms with Crippen molar-refractivity contribution in [2.24, 2.45) is 5.73 Å². The summed E-state index contributed by atoms with van der Waals surface area (Å²) in [6.07, 6.45) is 0. The van der Waals surface area contributed by atoms with E-state index in [0.717, 1.165) is 6.07 Å². The first-order valence-corrected chi connectivity index (χ1v) is 7.69. The number of hydrogen-bond acceptors (Lipinski definition) is 5. The van der Waals surface area contributed by atoms with E-state index in [1.165, 1.54) is 17.6 Å². The van der Waals surface area contributed by atoms with E-state index in [2.05, 4.69) is 4.98 Å². The van der Waals surface area contributed by atoms with Gasteiger partial charge < -0.3 is 16.6 Å². The Morgan fingerprint density at radius 2 is 1.96 bits per heavy atom. The van der Waals surface area contributed by atoms with Crippen molar-refractivity contribution < 1.29 is 14.3 Å². The third-order valence-electron chi connectivity index (χ3n) is 4.48. The predicted octanol–water partition coefficient (Wildman–Crippen LogP) is 2.35. The number of pyridine rings is 1. The molecular formula is C18H16FN5O2.